The van der Waals surface area contributed by atoms with Gasteiger partial charge in [-0.05, 0) is 25.2 Å². The summed E-state index contributed by atoms with van der Waals surface area (Å²) in [6, 6.07) is 0. The van der Waals surface area contributed by atoms with Gasteiger partial charge in [-0.2, -0.15) is 0 Å². The maximum absolute atomic E-state index is 12.1. The van der Waals surface area contributed by atoms with Crippen molar-refractivity contribution in [2.24, 2.45) is 17.8 Å². The number of fused-ring (bicyclic) bond motifs is 1. The van der Waals surface area contributed by atoms with Crippen LogP contribution in [0.25, 0.3) is 0 Å². The summed E-state index contributed by atoms with van der Waals surface area (Å²) in [4.78, 5) is 23.9. The van der Waals surface area contributed by atoms with E-state index in [9.17, 15) is 9.59 Å². The summed E-state index contributed by atoms with van der Waals surface area (Å²) in [5.74, 6) is 0.444. The Morgan fingerprint density at radius 2 is 1.14 bits per heavy atom. The van der Waals surface area contributed by atoms with Crippen LogP contribution in [-0.4, -0.2) is 11.8 Å². The molecule has 0 spiro atoms. The minimum Gasteiger partial charge on any atom is -0.296 e. The van der Waals surface area contributed by atoms with Crippen molar-refractivity contribution in [3.8, 4) is 0 Å². The van der Waals surface area contributed by atoms with E-state index in [0.717, 1.165) is 25.7 Å². The fourth-order valence-electron chi connectivity index (χ4n) is 5.55. The minimum atomic E-state index is -0.0118. The van der Waals surface area contributed by atoms with Gasteiger partial charge in [0.25, 0.3) is 0 Å². The Morgan fingerprint density at radius 1 is 0.655 bits per heavy atom. The van der Waals surface area contributed by atoms with Crippen LogP contribution < -0.4 is 5.32 Å². The molecule has 2 rings (SSSR count). The average Bonchev–Trinajstić information content (AvgIpc) is 3.02. The van der Waals surface area contributed by atoms with E-state index < -0.39 is 0 Å². The molecule has 0 aromatic rings. The molecule has 1 N–H and O–H groups in total. The number of amides is 2. The molecule has 1 aliphatic carbocycles. The molecule has 0 radical (unpaired) electrons. The van der Waals surface area contributed by atoms with Gasteiger partial charge >= 0.3 is 0 Å². The molecule has 3 nitrogen and oxygen atoms in total. The summed E-state index contributed by atoms with van der Waals surface area (Å²) in [6.45, 7) is 2.28. The molecule has 3 heteroatoms. The minimum absolute atomic E-state index is 0.00308. The lowest BCUT2D eigenvalue weighted by molar-refractivity contribution is -0.126. The third-order valence-corrected chi connectivity index (χ3v) is 7.35. The number of carbonyl (C=O) groups excluding carboxylic acids is 2. The fourth-order valence-corrected chi connectivity index (χ4v) is 5.55. The number of hydrogen-bond acceptors (Lipinski definition) is 2. The van der Waals surface area contributed by atoms with E-state index in [1.165, 1.54) is 103 Å². The van der Waals surface area contributed by atoms with Crippen LogP contribution in [-0.2, 0) is 9.59 Å². The summed E-state index contributed by atoms with van der Waals surface area (Å²) in [6.07, 6.45) is 26.6. The van der Waals surface area contributed by atoms with Gasteiger partial charge < -0.3 is 0 Å². The second kappa shape index (κ2) is 15.0. The summed E-state index contributed by atoms with van der Waals surface area (Å²) < 4.78 is 0. The smallest absolute Gasteiger partial charge is 0.230 e. The van der Waals surface area contributed by atoms with Gasteiger partial charge in [0.1, 0.15) is 0 Å². The van der Waals surface area contributed by atoms with Gasteiger partial charge in [0.05, 0.1) is 11.8 Å². The number of nitrogens with one attached hydrogen (secondary N) is 1. The first-order valence-corrected chi connectivity index (χ1v) is 13.1. The van der Waals surface area contributed by atoms with Gasteiger partial charge in [0, 0.05) is 0 Å². The summed E-state index contributed by atoms with van der Waals surface area (Å²) >= 11 is 0. The molecule has 3 atom stereocenters. The Hall–Kier alpha value is -0.860. The zero-order valence-corrected chi connectivity index (χ0v) is 19.2. The predicted octanol–water partition coefficient (Wildman–Crippen LogP) is 7.33. The SMILES string of the molecule is CCCCCCCCCCCCCCCCCCC1CCCC2C(=O)NC(=O)C12. The average molecular weight is 406 g/mol. The molecule has 1 saturated heterocycles. The summed E-state index contributed by atoms with van der Waals surface area (Å²) in [5.41, 5.74) is 0. The van der Waals surface area contributed by atoms with Crippen molar-refractivity contribution < 1.29 is 9.59 Å². The van der Waals surface area contributed by atoms with Crippen molar-refractivity contribution in [3.63, 3.8) is 0 Å². The topological polar surface area (TPSA) is 46.2 Å². The van der Waals surface area contributed by atoms with E-state index in [1.54, 1.807) is 0 Å². The molecule has 0 aromatic carbocycles. The monoisotopic (exact) mass is 405 g/mol. The molecule has 2 aliphatic rings. The lowest BCUT2D eigenvalue weighted by Gasteiger charge is -2.30. The number of hydrogen-bond donors (Lipinski definition) is 1. The summed E-state index contributed by atoms with van der Waals surface area (Å²) in [7, 11) is 0. The van der Waals surface area contributed by atoms with Gasteiger partial charge in [-0.3, -0.25) is 14.9 Å². The second-order valence-electron chi connectivity index (χ2n) is 9.77. The molecule has 1 saturated carbocycles. The van der Waals surface area contributed by atoms with Crippen LogP contribution in [0.4, 0.5) is 0 Å². The van der Waals surface area contributed by atoms with Gasteiger partial charge in [0.15, 0.2) is 0 Å². The molecule has 0 bridgehead atoms. The fraction of sp³-hybridized carbons (Fsp3) is 0.923. The highest BCUT2D eigenvalue weighted by Crippen LogP contribution is 2.40. The maximum Gasteiger partial charge on any atom is 0.230 e. The van der Waals surface area contributed by atoms with Crippen molar-refractivity contribution in [2.45, 2.75) is 135 Å². The van der Waals surface area contributed by atoms with Gasteiger partial charge in [-0.15, -0.1) is 0 Å². The highest BCUT2D eigenvalue weighted by molar-refractivity contribution is 6.05. The first-order chi connectivity index (χ1) is 14.2. The third-order valence-electron chi connectivity index (χ3n) is 7.35. The van der Waals surface area contributed by atoms with Crippen LogP contribution in [0, 0.1) is 17.8 Å². The van der Waals surface area contributed by atoms with Gasteiger partial charge in [0.2, 0.25) is 11.8 Å². The van der Waals surface area contributed by atoms with E-state index in [1.807, 2.05) is 0 Å². The number of imide groups is 1. The first-order valence-electron chi connectivity index (χ1n) is 13.1. The van der Waals surface area contributed by atoms with Crippen molar-refractivity contribution in [1.29, 1.82) is 0 Å². The largest absolute Gasteiger partial charge is 0.296 e. The van der Waals surface area contributed by atoms with Crippen molar-refractivity contribution >= 4 is 11.8 Å². The van der Waals surface area contributed by atoms with E-state index in [4.69, 9.17) is 0 Å². The summed E-state index contributed by atoms with van der Waals surface area (Å²) in [5, 5.41) is 2.57. The van der Waals surface area contributed by atoms with Crippen LogP contribution in [0.3, 0.4) is 0 Å². The zero-order chi connectivity index (χ0) is 20.7. The van der Waals surface area contributed by atoms with Crippen LogP contribution in [0.1, 0.15) is 135 Å². The lowest BCUT2D eigenvalue weighted by Crippen LogP contribution is -2.30. The standard InChI is InChI=1S/C26H47NO2/c1-2-3-4-5-6-7-8-9-10-11-12-13-14-15-16-17-19-22-20-18-21-23-24(22)26(29)27-25(23)28/h22-24H,2-21H2,1H3,(H,27,28,29). The molecule has 2 fully saturated rings. The Labute approximate surface area is 180 Å². The Morgan fingerprint density at radius 3 is 1.66 bits per heavy atom. The van der Waals surface area contributed by atoms with Crippen LogP contribution >= 0.6 is 0 Å². The molecule has 1 heterocycles. The van der Waals surface area contributed by atoms with Gasteiger partial charge in [-0.1, -0.05) is 116 Å². The lowest BCUT2D eigenvalue weighted by atomic mass is 9.71. The normalized spacial score (nSPS) is 24.0. The molecule has 168 valence electrons. The molecule has 2 amide bonds. The molecular formula is C26H47NO2. The number of rotatable bonds is 17. The maximum atomic E-state index is 12.1. The second-order valence-corrected chi connectivity index (χ2v) is 9.77. The van der Waals surface area contributed by atoms with Crippen molar-refractivity contribution in [3.05, 3.63) is 0 Å². The van der Waals surface area contributed by atoms with E-state index >= 15 is 0 Å². The van der Waals surface area contributed by atoms with Crippen LogP contribution in [0.5, 0.6) is 0 Å². The number of unbranched alkanes of at least 4 members (excludes halogenated alkanes) is 15. The molecule has 29 heavy (non-hydrogen) atoms. The molecule has 0 aromatic heterocycles. The highest BCUT2D eigenvalue weighted by atomic mass is 16.2. The molecule has 3 unspecified atom stereocenters. The predicted molar refractivity (Wildman–Crippen MR) is 122 cm³/mol. The van der Waals surface area contributed by atoms with E-state index in [-0.39, 0.29) is 23.7 Å². The molecule has 1 aliphatic heterocycles. The van der Waals surface area contributed by atoms with E-state index in [2.05, 4.69) is 12.2 Å². The highest BCUT2D eigenvalue weighted by Gasteiger charge is 2.47. The van der Waals surface area contributed by atoms with E-state index in [0.29, 0.717) is 5.92 Å². The number of carbonyl (C=O) groups is 2. The van der Waals surface area contributed by atoms with Crippen LogP contribution in [0.15, 0.2) is 0 Å². The molecular weight excluding hydrogens is 358 g/mol. The Balaban J connectivity index is 1.35. The zero-order valence-electron chi connectivity index (χ0n) is 19.2. The Kier molecular flexibility index (Phi) is 12.6. The van der Waals surface area contributed by atoms with Crippen molar-refractivity contribution in [2.75, 3.05) is 0 Å². The third kappa shape index (κ3) is 9.22. The van der Waals surface area contributed by atoms with Crippen molar-refractivity contribution in [1.82, 2.24) is 5.32 Å². The first kappa shape index (κ1) is 24.4. The quantitative estimate of drug-likeness (QED) is 0.203. The Bertz CT molecular complexity index is 462. The van der Waals surface area contributed by atoms with Gasteiger partial charge in [-0.25, -0.2) is 0 Å². The van der Waals surface area contributed by atoms with Crippen LogP contribution in [0.2, 0.25) is 0 Å².